The Kier molecular flexibility index (Phi) is 6.87. The summed E-state index contributed by atoms with van der Waals surface area (Å²) in [6, 6.07) is 5.71. The number of ether oxygens (including phenoxy) is 2. The van der Waals surface area contributed by atoms with Crippen molar-refractivity contribution in [1.29, 1.82) is 0 Å². The second-order valence-electron chi connectivity index (χ2n) is 4.32. The minimum atomic E-state index is 0.108. The molecule has 5 heteroatoms. The summed E-state index contributed by atoms with van der Waals surface area (Å²) < 4.78 is 10.6. The van der Waals surface area contributed by atoms with Crippen LogP contribution in [0.25, 0.3) is 0 Å². The normalized spacial score (nSPS) is 10.2. The van der Waals surface area contributed by atoms with Crippen molar-refractivity contribution >= 4 is 5.91 Å². The van der Waals surface area contributed by atoms with Crippen LogP contribution in [0.4, 0.5) is 0 Å². The van der Waals surface area contributed by atoms with Crippen LogP contribution in [0.5, 0.6) is 11.5 Å². The lowest BCUT2D eigenvalue weighted by Crippen LogP contribution is -2.37. The number of amides is 1. The van der Waals surface area contributed by atoms with E-state index >= 15 is 0 Å². The summed E-state index contributed by atoms with van der Waals surface area (Å²) in [5.41, 5.74) is 0.971. The number of rotatable bonds is 8. The van der Waals surface area contributed by atoms with Crippen molar-refractivity contribution in [3.63, 3.8) is 0 Å². The van der Waals surface area contributed by atoms with Crippen LogP contribution in [0, 0.1) is 0 Å². The molecule has 0 saturated heterocycles. The first kappa shape index (κ1) is 16.3. The second-order valence-corrected chi connectivity index (χ2v) is 4.32. The number of nitrogens with zero attached hydrogens (tertiary/aromatic N) is 1. The highest BCUT2D eigenvalue weighted by atomic mass is 16.5. The number of para-hydroxylation sites is 1. The molecule has 5 nitrogen and oxygen atoms in total. The van der Waals surface area contributed by atoms with Crippen molar-refractivity contribution in [1.82, 2.24) is 10.2 Å². The predicted molar refractivity (Wildman–Crippen MR) is 79.2 cm³/mol. The number of nitrogens with one attached hydrogen (secondary N) is 1. The largest absolute Gasteiger partial charge is 0.493 e. The van der Waals surface area contributed by atoms with Gasteiger partial charge in [-0.15, -0.1) is 0 Å². The summed E-state index contributed by atoms with van der Waals surface area (Å²) >= 11 is 0. The Labute approximate surface area is 120 Å². The average molecular weight is 280 g/mol. The van der Waals surface area contributed by atoms with Gasteiger partial charge in [0.15, 0.2) is 11.5 Å². The van der Waals surface area contributed by atoms with Gasteiger partial charge >= 0.3 is 0 Å². The minimum absolute atomic E-state index is 0.108. The molecular weight excluding hydrogens is 256 g/mol. The molecule has 1 rings (SSSR count). The van der Waals surface area contributed by atoms with Gasteiger partial charge in [-0.1, -0.05) is 12.1 Å². The zero-order valence-corrected chi connectivity index (χ0v) is 12.7. The van der Waals surface area contributed by atoms with E-state index in [-0.39, 0.29) is 5.91 Å². The molecule has 0 heterocycles. The maximum Gasteiger partial charge on any atom is 0.236 e. The van der Waals surface area contributed by atoms with Gasteiger partial charge in [0.2, 0.25) is 5.91 Å². The molecule has 0 atom stereocenters. The van der Waals surface area contributed by atoms with Crippen LogP contribution in [0.3, 0.4) is 0 Å². The van der Waals surface area contributed by atoms with E-state index in [4.69, 9.17) is 9.47 Å². The summed E-state index contributed by atoms with van der Waals surface area (Å²) in [5.74, 6) is 1.51. The van der Waals surface area contributed by atoms with Crippen LogP contribution in [0.15, 0.2) is 18.2 Å². The molecule has 0 aliphatic rings. The zero-order valence-electron chi connectivity index (χ0n) is 12.7. The molecule has 0 radical (unpaired) electrons. The van der Waals surface area contributed by atoms with Gasteiger partial charge in [0.25, 0.3) is 0 Å². The molecule has 0 unspecified atom stereocenters. The molecule has 20 heavy (non-hydrogen) atoms. The van der Waals surface area contributed by atoms with Gasteiger partial charge in [-0.3, -0.25) is 4.79 Å². The molecule has 112 valence electrons. The third-order valence-corrected chi connectivity index (χ3v) is 3.19. The zero-order chi connectivity index (χ0) is 15.0. The number of carbonyl (C=O) groups is 1. The van der Waals surface area contributed by atoms with E-state index in [0.717, 1.165) is 18.7 Å². The highest BCUT2D eigenvalue weighted by Crippen LogP contribution is 2.30. The first-order valence-corrected chi connectivity index (χ1v) is 6.86. The standard InChI is InChI=1S/C15H24N2O3/c1-5-17(6-2)14(18)11-16-10-12-8-7-9-13(19-3)15(12)20-4/h7-9,16H,5-6,10-11H2,1-4H3. The average Bonchev–Trinajstić information content (AvgIpc) is 2.48. The van der Waals surface area contributed by atoms with E-state index in [1.807, 2.05) is 32.0 Å². The number of carbonyl (C=O) groups excluding carboxylic acids is 1. The van der Waals surface area contributed by atoms with Crippen LogP contribution < -0.4 is 14.8 Å². The predicted octanol–water partition coefficient (Wildman–Crippen LogP) is 1.66. The molecular formula is C15H24N2O3. The number of hydrogen-bond donors (Lipinski definition) is 1. The van der Waals surface area contributed by atoms with Crippen LogP contribution in [-0.2, 0) is 11.3 Å². The quantitative estimate of drug-likeness (QED) is 0.787. The first-order valence-electron chi connectivity index (χ1n) is 6.86. The lowest BCUT2D eigenvalue weighted by molar-refractivity contribution is -0.129. The van der Waals surface area contributed by atoms with E-state index in [1.54, 1.807) is 19.1 Å². The summed E-state index contributed by atoms with van der Waals surface area (Å²) in [6.07, 6.45) is 0. The fourth-order valence-electron chi connectivity index (χ4n) is 2.09. The fraction of sp³-hybridized carbons (Fsp3) is 0.533. The van der Waals surface area contributed by atoms with E-state index in [1.165, 1.54) is 0 Å². The first-order chi connectivity index (χ1) is 9.67. The molecule has 1 N–H and O–H groups in total. The molecule has 0 aliphatic carbocycles. The van der Waals surface area contributed by atoms with Gasteiger partial charge < -0.3 is 19.7 Å². The van der Waals surface area contributed by atoms with Crippen LogP contribution >= 0.6 is 0 Å². The Hall–Kier alpha value is -1.75. The molecule has 0 aromatic heterocycles. The monoisotopic (exact) mass is 280 g/mol. The lowest BCUT2D eigenvalue weighted by Gasteiger charge is -2.19. The van der Waals surface area contributed by atoms with E-state index < -0.39 is 0 Å². The Morgan fingerprint density at radius 1 is 1.20 bits per heavy atom. The minimum Gasteiger partial charge on any atom is -0.493 e. The maximum absolute atomic E-state index is 11.9. The van der Waals surface area contributed by atoms with Gasteiger partial charge in [0.05, 0.1) is 20.8 Å². The van der Waals surface area contributed by atoms with Gasteiger partial charge in [0.1, 0.15) is 0 Å². The van der Waals surface area contributed by atoms with Gasteiger partial charge in [-0.2, -0.15) is 0 Å². The Balaban J connectivity index is 2.60. The van der Waals surface area contributed by atoms with Crippen molar-refractivity contribution in [3.8, 4) is 11.5 Å². The number of benzene rings is 1. The van der Waals surface area contributed by atoms with Crippen molar-refractivity contribution in [3.05, 3.63) is 23.8 Å². The lowest BCUT2D eigenvalue weighted by atomic mass is 10.2. The Morgan fingerprint density at radius 3 is 2.45 bits per heavy atom. The third kappa shape index (κ3) is 4.13. The molecule has 1 aromatic carbocycles. The molecule has 0 spiro atoms. The van der Waals surface area contributed by atoms with Crippen molar-refractivity contribution in [2.24, 2.45) is 0 Å². The number of likely N-dealkylation sites (N-methyl/N-ethyl adjacent to an activating group) is 1. The molecule has 1 amide bonds. The van der Waals surface area contributed by atoms with Crippen LogP contribution in [-0.4, -0.2) is 44.7 Å². The Morgan fingerprint density at radius 2 is 1.90 bits per heavy atom. The van der Waals surface area contributed by atoms with E-state index in [9.17, 15) is 4.79 Å². The SMILES string of the molecule is CCN(CC)C(=O)CNCc1cccc(OC)c1OC. The van der Waals surface area contributed by atoms with Crippen molar-refractivity contribution in [2.45, 2.75) is 20.4 Å². The van der Waals surface area contributed by atoms with Gasteiger partial charge in [-0.05, 0) is 19.9 Å². The molecule has 1 aromatic rings. The smallest absolute Gasteiger partial charge is 0.236 e. The molecule has 0 fully saturated rings. The second kappa shape index (κ2) is 8.43. The van der Waals surface area contributed by atoms with Gasteiger partial charge in [-0.25, -0.2) is 0 Å². The summed E-state index contributed by atoms with van der Waals surface area (Å²) in [5, 5.41) is 3.15. The van der Waals surface area contributed by atoms with Crippen molar-refractivity contribution < 1.29 is 14.3 Å². The van der Waals surface area contributed by atoms with Crippen LogP contribution in [0.2, 0.25) is 0 Å². The highest BCUT2D eigenvalue weighted by Gasteiger charge is 2.11. The molecule has 0 saturated carbocycles. The fourth-order valence-corrected chi connectivity index (χ4v) is 2.09. The van der Waals surface area contributed by atoms with Crippen LogP contribution in [0.1, 0.15) is 19.4 Å². The molecule has 0 aliphatic heterocycles. The van der Waals surface area contributed by atoms with E-state index in [2.05, 4.69) is 5.32 Å². The summed E-state index contributed by atoms with van der Waals surface area (Å²) in [7, 11) is 3.22. The Bertz CT molecular complexity index is 431. The highest BCUT2D eigenvalue weighted by molar-refractivity contribution is 5.78. The van der Waals surface area contributed by atoms with Crippen molar-refractivity contribution in [2.75, 3.05) is 33.9 Å². The molecule has 0 bridgehead atoms. The number of methoxy groups -OCH3 is 2. The number of hydrogen-bond acceptors (Lipinski definition) is 4. The summed E-state index contributed by atoms with van der Waals surface area (Å²) in [6.45, 7) is 6.31. The topological polar surface area (TPSA) is 50.8 Å². The van der Waals surface area contributed by atoms with E-state index in [0.29, 0.717) is 24.6 Å². The van der Waals surface area contributed by atoms with Gasteiger partial charge in [0, 0.05) is 25.2 Å². The third-order valence-electron chi connectivity index (χ3n) is 3.19. The summed E-state index contributed by atoms with van der Waals surface area (Å²) in [4.78, 5) is 13.7. The maximum atomic E-state index is 11.9.